The van der Waals surface area contributed by atoms with Crippen molar-refractivity contribution < 1.29 is 9.53 Å². The Labute approximate surface area is 259 Å². The number of anilines is 1. The number of terminal acetylenes is 1. The van der Waals surface area contributed by atoms with Gasteiger partial charge in [-0.2, -0.15) is 0 Å². The second kappa shape index (κ2) is 11.7. The second-order valence-corrected chi connectivity index (χ2v) is 12.6. The van der Waals surface area contributed by atoms with Crippen molar-refractivity contribution in [1.29, 1.82) is 0 Å². The first-order valence-electron chi connectivity index (χ1n) is 15.2. The van der Waals surface area contributed by atoms with Gasteiger partial charge in [-0.3, -0.25) is 9.69 Å². The van der Waals surface area contributed by atoms with Crippen LogP contribution < -0.4 is 4.90 Å². The molecule has 0 bridgehead atoms. The lowest BCUT2D eigenvalue weighted by Gasteiger charge is -2.46. The topological polar surface area (TPSA) is 63.5 Å². The summed E-state index contributed by atoms with van der Waals surface area (Å²) in [5, 5.41) is 6.84. The fraction of sp³-hybridized carbons (Fsp3) is 0.485. The molecule has 0 spiro atoms. The van der Waals surface area contributed by atoms with Crippen molar-refractivity contribution >= 4 is 35.1 Å². The number of aryl methyl sites for hydroxylation is 1. The molecule has 2 aliphatic heterocycles. The van der Waals surface area contributed by atoms with Crippen LogP contribution >= 0.6 is 0 Å². The zero-order valence-corrected chi connectivity index (χ0v) is 25.1. The predicted molar refractivity (Wildman–Crippen MR) is 170 cm³/mol. The Balaban J connectivity index is 1.31. The van der Waals surface area contributed by atoms with Gasteiger partial charge in [0.25, 0.3) is 5.91 Å². The van der Waals surface area contributed by atoms with E-state index in [1.54, 1.807) is 11.2 Å². The van der Waals surface area contributed by atoms with Gasteiger partial charge >= 0.3 is 0 Å². The molecule has 3 aromatic rings. The van der Waals surface area contributed by atoms with Crippen LogP contribution in [0.1, 0.15) is 71.0 Å². The summed E-state index contributed by atoms with van der Waals surface area (Å²) >= 11 is 0. The molecule has 1 saturated heterocycles. The summed E-state index contributed by atoms with van der Waals surface area (Å²) in [6, 6.07) is 12.2. The normalized spacial score (nSPS) is 24.3. The van der Waals surface area contributed by atoms with Crippen molar-refractivity contribution in [3.05, 3.63) is 76.4 Å². The highest BCUT2D eigenvalue weighted by Crippen LogP contribution is 2.50. The van der Waals surface area contributed by atoms with Crippen LogP contribution in [0.4, 0.5) is 5.69 Å². The summed E-state index contributed by atoms with van der Waals surface area (Å²) in [5.74, 6) is 3.96. The molecule has 3 aliphatic rings. The van der Waals surface area contributed by atoms with Crippen molar-refractivity contribution in [2.75, 3.05) is 24.6 Å². The number of hydrogen-bond acceptors (Lipinski definition) is 5. The first-order valence-corrected chi connectivity index (χ1v) is 15.2. The van der Waals surface area contributed by atoms with Gasteiger partial charge in [-0.15, -0.1) is 27.7 Å². The molecule has 7 nitrogen and oxygen atoms in total. The molecule has 1 saturated carbocycles. The maximum absolute atomic E-state index is 14.0. The van der Waals surface area contributed by atoms with Crippen LogP contribution in [0.2, 0.25) is 0 Å². The van der Waals surface area contributed by atoms with Crippen LogP contribution in [0.5, 0.6) is 0 Å². The van der Waals surface area contributed by atoms with Crippen LogP contribution in [0, 0.1) is 18.3 Å². The summed E-state index contributed by atoms with van der Waals surface area (Å²) < 4.78 is 7.92. The monoisotopic (exact) mass is 567 g/mol. The van der Waals surface area contributed by atoms with E-state index in [1.807, 2.05) is 35.9 Å². The summed E-state index contributed by atoms with van der Waals surface area (Å²) in [6.07, 6.45) is 12.1. The number of carbonyl (C=O) groups is 1. The Morgan fingerprint density at radius 3 is 2.72 bits per heavy atom. The molecule has 0 N–H and O–H groups in total. The molecule has 1 unspecified atom stereocenters. The van der Waals surface area contributed by atoms with Gasteiger partial charge in [0.2, 0.25) is 0 Å². The molecule has 6 rings (SSSR count). The first kappa shape index (κ1) is 29.8. The van der Waals surface area contributed by atoms with Gasteiger partial charge in [0, 0.05) is 62.3 Å². The molecule has 1 amide bonds. The average molecular weight is 567 g/mol. The summed E-state index contributed by atoms with van der Waals surface area (Å²) in [6.45, 7) is 5.68. The fourth-order valence-corrected chi connectivity index (χ4v) is 7.03. The lowest BCUT2D eigenvalue weighted by Crippen LogP contribution is -2.43. The number of fused-ring (bicyclic) bond motifs is 1. The molecule has 214 valence electrons. The van der Waals surface area contributed by atoms with Crippen molar-refractivity contribution in [3.63, 3.8) is 0 Å². The maximum Gasteiger partial charge on any atom is 0.258 e. The number of ether oxygens (including phenoxy) is 1. The van der Waals surface area contributed by atoms with Gasteiger partial charge in [-0.1, -0.05) is 30.7 Å². The van der Waals surface area contributed by atoms with E-state index in [-0.39, 0.29) is 23.3 Å². The van der Waals surface area contributed by atoms with E-state index in [0.29, 0.717) is 24.2 Å². The molecule has 43 heavy (non-hydrogen) atoms. The van der Waals surface area contributed by atoms with Gasteiger partial charge in [-0.05, 0) is 60.6 Å². The van der Waals surface area contributed by atoms with Gasteiger partial charge in [0.15, 0.2) is 0 Å². The number of benzene rings is 2. The molecule has 1 aromatic heterocycles. The minimum atomic E-state index is -1.58. The standard InChI is InChI=1S/C33H36B3N5O2/c1-4-22-15-32(16-22,17-30-38-37-21-39(30)3)24-8-6-9-25(14-24)41-20-28-27(31(41)42)12-23(13-29(28)33(34,35)36)18-40-10-7-11-43-26(5-2)19-40/h1,6,8-9,12-14,21-22,26H,5,7,10-11,15-20H2,2-3H3. The Kier molecular flexibility index (Phi) is 8.08. The van der Waals surface area contributed by atoms with Gasteiger partial charge < -0.3 is 14.2 Å². The Hall–Kier alpha value is -3.28. The third-order valence-electron chi connectivity index (χ3n) is 9.45. The zero-order valence-electron chi connectivity index (χ0n) is 25.1. The molecular weight excluding hydrogens is 531 g/mol. The van der Waals surface area contributed by atoms with Crippen LogP contribution in [0.15, 0.2) is 42.7 Å². The van der Waals surface area contributed by atoms with Crippen molar-refractivity contribution in [2.45, 2.75) is 68.7 Å². The minimum Gasteiger partial charge on any atom is -0.377 e. The third-order valence-corrected chi connectivity index (χ3v) is 9.45. The number of aromatic nitrogens is 3. The number of carbonyl (C=O) groups excluding carboxylic acids is 1. The molecule has 1 aliphatic carbocycles. The van der Waals surface area contributed by atoms with E-state index in [9.17, 15) is 4.79 Å². The average Bonchev–Trinajstić information content (AvgIpc) is 3.43. The summed E-state index contributed by atoms with van der Waals surface area (Å²) in [7, 11) is 20.9. The molecule has 10 heteroatoms. The van der Waals surface area contributed by atoms with Crippen molar-refractivity contribution in [1.82, 2.24) is 19.7 Å². The predicted octanol–water partition coefficient (Wildman–Crippen LogP) is 3.12. The smallest absolute Gasteiger partial charge is 0.258 e. The molecule has 2 fully saturated rings. The fourth-order valence-electron chi connectivity index (χ4n) is 7.03. The lowest BCUT2D eigenvalue weighted by molar-refractivity contribution is 0.0510. The van der Waals surface area contributed by atoms with E-state index in [1.165, 1.54) is 0 Å². The summed E-state index contributed by atoms with van der Waals surface area (Å²) in [5.41, 5.74) is 4.74. The van der Waals surface area contributed by atoms with Gasteiger partial charge in [-0.25, -0.2) is 0 Å². The Morgan fingerprint density at radius 1 is 1.21 bits per heavy atom. The van der Waals surface area contributed by atoms with Crippen LogP contribution in [-0.4, -0.2) is 74.9 Å². The number of rotatable bonds is 8. The minimum absolute atomic E-state index is 0.0809. The highest BCUT2D eigenvalue weighted by molar-refractivity contribution is 6.59. The SMILES string of the molecule is [B]C([B])([B])c1cc(CN2CCCOC(CC)C2)cc2c1CN(c1cccc(C3(Cc4nncn4C)CC(C#C)C3)c1)C2=O. The lowest BCUT2D eigenvalue weighted by atomic mass is 9.39. The van der Waals surface area contributed by atoms with E-state index in [2.05, 4.69) is 40.1 Å². The van der Waals surface area contributed by atoms with Crippen molar-refractivity contribution in [2.24, 2.45) is 13.0 Å². The third kappa shape index (κ3) is 5.82. The van der Waals surface area contributed by atoms with E-state index < -0.39 is 5.11 Å². The van der Waals surface area contributed by atoms with E-state index in [4.69, 9.17) is 34.7 Å². The summed E-state index contributed by atoms with van der Waals surface area (Å²) in [4.78, 5) is 18.2. The van der Waals surface area contributed by atoms with Crippen LogP contribution in [-0.2, 0) is 41.8 Å². The van der Waals surface area contributed by atoms with Crippen LogP contribution in [0.3, 0.4) is 0 Å². The molecule has 1 atom stereocenters. The first-order chi connectivity index (χ1) is 20.6. The number of hydrogen-bond donors (Lipinski definition) is 0. The van der Waals surface area contributed by atoms with E-state index in [0.717, 1.165) is 80.0 Å². The van der Waals surface area contributed by atoms with Gasteiger partial charge in [0.1, 0.15) is 12.2 Å². The van der Waals surface area contributed by atoms with E-state index >= 15 is 0 Å². The Bertz CT molecular complexity index is 1550. The largest absolute Gasteiger partial charge is 0.377 e. The molecule has 2 aromatic carbocycles. The number of amides is 1. The Morgan fingerprint density at radius 2 is 2.02 bits per heavy atom. The maximum atomic E-state index is 14.0. The zero-order chi connectivity index (χ0) is 30.4. The van der Waals surface area contributed by atoms with Gasteiger partial charge in [0.05, 0.1) is 36.2 Å². The number of nitrogens with zero attached hydrogens (tertiary/aromatic N) is 5. The quantitative estimate of drug-likeness (QED) is 0.310. The highest BCUT2D eigenvalue weighted by Gasteiger charge is 2.46. The molecular formula is C33H36B3N5O2. The molecule has 6 radical (unpaired) electrons. The second-order valence-electron chi connectivity index (χ2n) is 12.6. The molecule has 3 heterocycles. The van der Waals surface area contributed by atoms with Crippen molar-refractivity contribution in [3.8, 4) is 12.3 Å². The highest BCUT2D eigenvalue weighted by atomic mass is 16.5. The van der Waals surface area contributed by atoms with Crippen LogP contribution in [0.25, 0.3) is 0 Å².